The number of carboxylic acid groups (broad SMARTS) is 1. The smallest absolute Gasteiger partial charge is 0.404 e. The molecule has 3 N–H and O–H groups in total. The maximum atomic E-state index is 10.3. The van der Waals surface area contributed by atoms with Gasteiger partial charge in [0.05, 0.1) is 13.2 Å². The van der Waals surface area contributed by atoms with E-state index in [4.69, 9.17) is 9.84 Å². The van der Waals surface area contributed by atoms with Crippen molar-refractivity contribution >= 4 is 6.09 Å². The molecule has 0 heterocycles. The van der Waals surface area contributed by atoms with Crippen molar-refractivity contribution in [3.05, 3.63) is 35.9 Å². The molecule has 0 unspecified atom stereocenters. The van der Waals surface area contributed by atoms with E-state index in [9.17, 15) is 4.79 Å². The molecule has 18 heavy (non-hydrogen) atoms. The summed E-state index contributed by atoms with van der Waals surface area (Å²) in [5.41, 5.74) is 1.15. The first kappa shape index (κ1) is 14.5. The van der Waals surface area contributed by atoms with Crippen LogP contribution in [0.2, 0.25) is 0 Å². The van der Waals surface area contributed by atoms with Crippen LogP contribution in [-0.2, 0) is 11.3 Å². The Morgan fingerprint density at radius 3 is 2.78 bits per heavy atom. The second-order valence-electron chi connectivity index (χ2n) is 4.09. The quantitative estimate of drug-likeness (QED) is 0.612. The van der Waals surface area contributed by atoms with Gasteiger partial charge in [0.25, 0.3) is 0 Å². The third kappa shape index (κ3) is 6.88. The monoisotopic (exact) mass is 252 g/mol. The molecule has 0 radical (unpaired) electrons. The van der Waals surface area contributed by atoms with E-state index in [1.54, 1.807) is 0 Å². The second kappa shape index (κ2) is 8.49. The molecule has 0 saturated carbocycles. The summed E-state index contributed by atoms with van der Waals surface area (Å²) in [6, 6.07) is 9.88. The highest BCUT2D eigenvalue weighted by atomic mass is 16.5. The molecule has 0 aliphatic rings. The van der Waals surface area contributed by atoms with Gasteiger partial charge in [-0.15, -0.1) is 0 Å². The van der Waals surface area contributed by atoms with Crippen molar-refractivity contribution in [3.8, 4) is 0 Å². The average molecular weight is 252 g/mol. The van der Waals surface area contributed by atoms with Crippen molar-refractivity contribution in [1.82, 2.24) is 10.6 Å². The van der Waals surface area contributed by atoms with Gasteiger partial charge >= 0.3 is 6.09 Å². The van der Waals surface area contributed by atoms with Crippen molar-refractivity contribution < 1.29 is 14.6 Å². The first-order chi connectivity index (χ1) is 8.68. The molecule has 1 aromatic carbocycles. The summed E-state index contributed by atoms with van der Waals surface area (Å²) in [6.07, 6.45) is -0.996. The highest BCUT2D eigenvalue weighted by molar-refractivity contribution is 5.64. The molecule has 1 aromatic rings. The third-order valence-electron chi connectivity index (χ3n) is 2.36. The van der Waals surface area contributed by atoms with E-state index in [1.165, 1.54) is 0 Å². The van der Waals surface area contributed by atoms with Gasteiger partial charge in [-0.3, -0.25) is 0 Å². The van der Waals surface area contributed by atoms with Gasteiger partial charge < -0.3 is 20.5 Å². The second-order valence-corrected chi connectivity index (χ2v) is 4.09. The fourth-order valence-corrected chi connectivity index (χ4v) is 1.49. The average Bonchev–Trinajstić information content (AvgIpc) is 2.34. The Morgan fingerprint density at radius 1 is 1.39 bits per heavy atom. The van der Waals surface area contributed by atoms with E-state index < -0.39 is 6.09 Å². The first-order valence-corrected chi connectivity index (χ1v) is 6.00. The van der Waals surface area contributed by atoms with Crippen molar-refractivity contribution in [3.63, 3.8) is 0 Å². The Labute approximate surface area is 107 Å². The molecule has 0 saturated heterocycles. The molecule has 5 heteroatoms. The fraction of sp³-hybridized carbons (Fsp3) is 0.462. The first-order valence-electron chi connectivity index (χ1n) is 6.00. The molecule has 100 valence electrons. The summed E-state index contributed by atoms with van der Waals surface area (Å²) < 4.78 is 5.48. The number of carbonyl (C=O) groups is 1. The van der Waals surface area contributed by atoms with E-state index >= 15 is 0 Å². The highest BCUT2D eigenvalue weighted by Gasteiger charge is 2.03. The lowest BCUT2D eigenvalue weighted by Gasteiger charge is -2.12. The zero-order chi connectivity index (χ0) is 13.2. The van der Waals surface area contributed by atoms with Crippen LogP contribution in [0, 0.1) is 0 Å². The summed E-state index contributed by atoms with van der Waals surface area (Å²) >= 11 is 0. The molecular formula is C13H20N2O3. The number of nitrogens with one attached hydrogen (secondary N) is 2. The van der Waals surface area contributed by atoms with Crippen molar-refractivity contribution in [2.45, 2.75) is 19.6 Å². The van der Waals surface area contributed by atoms with Gasteiger partial charge in [0.15, 0.2) is 0 Å². The normalized spacial score (nSPS) is 12.1. The van der Waals surface area contributed by atoms with Crippen LogP contribution in [0.4, 0.5) is 4.79 Å². The van der Waals surface area contributed by atoms with Gasteiger partial charge in [-0.1, -0.05) is 30.3 Å². The molecule has 5 nitrogen and oxygen atoms in total. The molecule has 1 amide bonds. The van der Waals surface area contributed by atoms with Crippen LogP contribution in [0.25, 0.3) is 0 Å². The van der Waals surface area contributed by atoms with Crippen molar-refractivity contribution in [1.29, 1.82) is 0 Å². The Kier molecular flexibility index (Phi) is 6.83. The van der Waals surface area contributed by atoms with Crippen molar-refractivity contribution in [2.75, 3.05) is 19.7 Å². The van der Waals surface area contributed by atoms with Gasteiger partial charge in [-0.2, -0.15) is 0 Å². The number of hydrogen-bond donors (Lipinski definition) is 3. The summed E-state index contributed by atoms with van der Waals surface area (Å²) in [5, 5.41) is 14.0. The number of ether oxygens (including phenoxy) is 1. The van der Waals surface area contributed by atoms with Gasteiger partial charge in [0.1, 0.15) is 0 Å². The van der Waals surface area contributed by atoms with Gasteiger partial charge in [-0.25, -0.2) is 4.79 Å². The summed E-state index contributed by atoms with van der Waals surface area (Å²) in [6.45, 7) is 4.32. The Balaban J connectivity index is 1.97. The SMILES string of the molecule is C[C@@H](CNCCOCc1ccccc1)NC(=O)O. The van der Waals surface area contributed by atoms with Gasteiger partial charge in [-0.05, 0) is 12.5 Å². The summed E-state index contributed by atoms with van der Waals surface area (Å²) in [5.74, 6) is 0. The predicted octanol–water partition coefficient (Wildman–Crippen LogP) is 1.45. The number of rotatable bonds is 8. The van der Waals surface area contributed by atoms with Crippen LogP contribution in [0.15, 0.2) is 30.3 Å². The number of hydrogen-bond acceptors (Lipinski definition) is 3. The Morgan fingerprint density at radius 2 is 2.11 bits per heavy atom. The topological polar surface area (TPSA) is 70.6 Å². The zero-order valence-corrected chi connectivity index (χ0v) is 10.6. The summed E-state index contributed by atoms with van der Waals surface area (Å²) in [7, 11) is 0. The highest BCUT2D eigenvalue weighted by Crippen LogP contribution is 1.99. The minimum absolute atomic E-state index is 0.100. The molecule has 1 atom stereocenters. The lowest BCUT2D eigenvalue weighted by atomic mass is 10.2. The van der Waals surface area contributed by atoms with E-state index in [2.05, 4.69) is 10.6 Å². The molecule has 0 spiro atoms. The number of benzene rings is 1. The maximum Gasteiger partial charge on any atom is 0.404 e. The van der Waals surface area contributed by atoms with E-state index in [0.29, 0.717) is 26.3 Å². The lowest BCUT2D eigenvalue weighted by Crippen LogP contribution is -2.40. The predicted molar refractivity (Wildman–Crippen MR) is 69.6 cm³/mol. The largest absolute Gasteiger partial charge is 0.465 e. The molecule has 0 fully saturated rings. The van der Waals surface area contributed by atoms with Gasteiger partial charge in [0, 0.05) is 19.1 Å². The molecule has 0 bridgehead atoms. The molecule has 0 aromatic heterocycles. The molecule has 0 aliphatic carbocycles. The minimum Gasteiger partial charge on any atom is -0.465 e. The van der Waals surface area contributed by atoms with Crippen LogP contribution >= 0.6 is 0 Å². The fourth-order valence-electron chi connectivity index (χ4n) is 1.49. The van der Waals surface area contributed by atoms with E-state index in [1.807, 2.05) is 37.3 Å². The van der Waals surface area contributed by atoms with E-state index in [0.717, 1.165) is 5.56 Å². The Bertz CT molecular complexity index is 343. The molecular weight excluding hydrogens is 232 g/mol. The van der Waals surface area contributed by atoms with Crippen LogP contribution in [0.1, 0.15) is 12.5 Å². The van der Waals surface area contributed by atoms with E-state index in [-0.39, 0.29) is 6.04 Å². The van der Waals surface area contributed by atoms with Crippen LogP contribution in [-0.4, -0.2) is 36.9 Å². The zero-order valence-electron chi connectivity index (χ0n) is 10.6. The molecule has 1 rings (SSSR count). The van der Waals surface area contributed by atoms with Crippen molar-refractivity contribution in [2.24, 2.45) is 0 Å². The van der Waals surface area contributed by atoms with Crippen LogP contribution in [0.5, 0.6) is 0 Å². The van der Waals surface area contributed by atoms with Crippen LogP contribution in [0.3, 0.4) is 0 Å². The standard InChI is InChI=1S/C13H20N2O3/c1-11(15-13(16)17)9-14-7-8-18-10-12-5-3-2-4-6-12/h2-6,11,14-15H,7-10H2,1H3,(H,16,17)/t11-/m0/s1. The molecule has 0 aliphatic heterocycles. The number of amides is 1. The van der Waals surface area contributed by atoms with Gasteiger partial charge in [0.2, 0.25) is 0 Å². The lowest BCUT2D eigenvalue weighted by molar-refractivity contribution is 0.122. The minimum atomic E-state index is -0.996. The Hall–Kier alpha value is -1.59. The maximum absolute atomic E-state index is 10.3. The third-order valence-corrected chi connectivity index (χ3v) is 2.36. The summed E-state index contributed by atoms with van der Waals surface area (Å²) in [4.78, 5) is 10.3. The van der Waals surface area contributed by atoms with Crippen LogP contribution < -0.4 is 10.6 Å².